The van der Waals surface area contributed by atoms with Gasteiger partial charge in [0.2, 0.25) is 0 Å². The highest BCUT2D eigenvalue weighted by atomic mass is 16.5. The Balaban J connectivity index is 2.15. The third-order valence-corrected chi connectivity index (χ3v) is 3.24. The molecular weight excluding hydrogens is 246 g/mol. The van der Waals surface area contributed by atoms with Crippen molar-refractivity contribution in [3.05, 3.63) is 23.8 Å². The number of carboxylic acids is 1. The zero-order valence-corrected chi connectivity index (χ0v) is 11.2. The van der Waals surface area contributed by atoms with Gasteiger partial charge in [0.25, 0.3) is 0 Å². The van der Waals surface area contributed by atoms with Gasteiger partial charge in [-0.1, -0.05) is 0 Å². The van der Waals surface area contributed by atoms with Crippen LogP contribution in [0.15, 0.2) is 18.2 Å². The smallest absolute Gasteiger partial charge is 0.337 e. The highest BCUT2D eigenvalue weighted by molar-refractivity contribution is 5.94. The van der Waals surface area contributed by atoms with Crippen LogP contribution in [0.1, 0.15) is 10.4 Å². The van der Waals surface area contributed by atoms with E-state index < -0.39 is 5.97 Å². The molecule has 1 aliphatic rings. The fraction of sp³-hybridized carbons (Fsp3) is 0.462. The molecule has 0 aliphatic carbocycles. The number of piperazine rings is 1. The number of anilines is 1. The first kappa shape index (κ1) is 13.6. The number of rotatable bonds is 4. The van der Waals surface area contributed by atoms with Crippen LogP contribution in [0.4, 0.5) is 5.69 Å². The Kier molecular flexibility index (Phi) is 4.24. The summed E-state index contributed by atoms with van der Waals surface area (Å²) in [6.07, 6.45) is 0. The highest BCUT2D eigenvalue weighted by Crippen LogP contribution is 2.23. The van der Waals surface area contributed by atoms with Crippen molar-refractivity contribution in [3.63, 3.8) is 0 Å². The minimum atomic E-state index is -0.945. The maximum atomic E-state index is 11.2. The number of likely N-dealkylation sites (N-methyl/N-ethyl adjacent to an activating group) is 1. The molecule has 1 fully saturated rings. The molecule has 1 aromatic carbocycles. The van der Waals surface area contributed by atoms with Crippen molar-refractivity contribution in [1.82, 2.24) is 9.91 Å². The molecule has 104 valence electrons. The van der Waals surface area contributed by atoms with Crippen LogP contribution in [0.3, 0.4) is 0 Å². The molecule has 1 aliphatic heterocycles. The van der Waals surface area contributed by atoms with Crippen LogP contribution in [-0.4, -0.2) is 61.3 Å². The Morgan fingerprint density at radius 2 is 2.00 bits per heavy atom. The topological polar surface area (TPSA) is 65.0 Å². The van der Waals surface area contributed by atoms with Gasteiger partial charge in [-0.05, 0) is 19.2 Å². The summed E-state index contributed by atoms with van der Waals surface area (Å²) in [5.74, 6) is -0.305. The van der Waals surface area contributed by atoms with Crippen LogP contribution in [-0.2, 0) is 0 Å². The van der Waals surface area contributed by atoms with Crippen molar-refractivity contribution in [2.24, 2.45) is 0 Å². The standard InChI is InChI=1S/C13H19N3O3/c1-15-5-7-16(8-6-15)14-12-9-10(19-2)3-4-11(12)13(17)18/h3-4,9,14H,5-8H2,1-2H3,(H,17,18). The SMILES string of the molecule is COc1ccc(C(=O)O)c(NN2CCN(C)CC2)c1. The Morgan fingerprint density at radius 1 is 1.32 bits per heavy atom. The van der Waals surface area contributed by atoms with Gasteiger partial charge in [0.15, 0.2) is 0 Å². The number of hydrazine groups is 1. The molecule has 0 bridgehead atoms. The third kappa shape index (κ3) is 3.36. The number of ether oxygens (including phenoxy) is 1. The summed E-state index contributed by atoms with van der Waals surface area (Å²) in [6.45, 7) is 3.62. The van der Waals surface area contributed by atoms with Crippen molar-refractivity contribution in [1.29, 1.82) is 0 Å². The van der Waals surface area contributed by atoms with Crippen LogP contribution >= 0.6 is 0 Å². The summed E-state index contributed by atoms with van der Waals surface area (Å²) in [4.78, 5) is 13.4. The average Bonchev–Trinajstić information content (AvgIpc) is 2.41. The van der Waals surface area contributed by atoms with E-state index in [2.05, 4.69) is 17.4 Å². The Hall–Kier alpha value is -1.79. The summed E-state index contributed by atoms with van der Waals surface area (Å²) in [5, 5.41) is 11.2. The molecule has 1 saturated heterocycles. The zero-order valence-electron chi connectivity index (χ0n) is 11.2. The lowest BCUT2D eigenvalue weighted by molar-refractivity contribution is 0.0697. The number of carbonyl (C=O) groups is 1. The van der Waals surface area contributed by atoms with Gasteiger partial charge in [0.1, 0.15) is 5.75 Å². The maximum absolute atomic E-state index is 11.2. The molecule has 2 N–H and O–H groups in total. The molecule has 0 aromatic heterocycles. The van der Waals surface area contributed by atoms with E-state index in [1.54, 1.807) is 25.3 Å². The van der Waals surface area contributed by atoms with Crippen LogP contribution in [0.2, 0.25) is 0 Å². The number of hydrogen-bond acceptors (Lipinski definition) is 5. The van der Waals surface area contributed by atoms with Crippen LogP contribution in [0.5, 0.6) is 5.75 Å². The summed E-state index contributed by atoms with van der Waals surface area (Å²) in [7, 11) is 3.64. The lowest BCUT2D eigenvalue weighted by Crippen LogP contribution is -2.47. The maximum Gasteiger partial charge on any atom is 0.337 e. The summed E-state index contributed by atoms with van der Waals surface area (Å²) in [5.41, 5.74) is 3.99. The van der Waals surface area contributed by atoms with Crippen molar-refractivity contribution >= 4 is 11.7 Å². The summed E-state index contributed by atoms with van der Waals surface area (Å²) in [6, 6.07) is 4.92. The Labute approximate surface area is 112 Å². The first-order valence-corrected chi connectivity index (χ1v) is 6.21. The second-order valence-corrected chi connectivity index (χ2v) is 4.62. The molecule has 19 heavy (non-hydrogen) atoms. The predicted molar refractivity (Wildman–Crippen MR) is 72.6 cm³/mol. The predicted octanol–water partition coefficient (Wildman–Crippen LogP) is 0.968. The molecule has 0 amide bonds. The van der Waals surface area contributed by atoms with Crippen molar-refractivity contribution < 1.29 is 14.6 Å². The van der Waals surface area contributed by atoms with E-state index in [0.717, 1.165) is 26.2 Å². The molecule has 0 radical (unpaired) electrons. The van der Waals surface area contributed by atoms with Crippen molar-refractivity contribution in [3.8, 4) is 5.75 Å². The van der Waals surface area contributed by atoms with Crippen LogP contribution in [0, 0.1) is 0 Å². The second-order valence-electron chi connectivity index (χ2n) is 4.62. The van der Waals surface area contributed by atoms with E-state index in [4.69, 9.17) is 4.74 Å². The van der Waals surface area contributed by atoms with Gasteiger partial charge in [0.05, 0.1) is 18.4 Å². The second kappa shape index (κ2) is 5.90. The molecule has 0 unspecified atom stereocenters. The Morgan fingerprint density at radius 3 is 2.58 bits per heavy atom. The largest absolute Gasteiger partial charge is 0.497 e. The first-order chi connectivity index (χ1) is 9.10. The van der Waals surface area contributed by atoms with Crippen molar-refractivity contribution in [2.75, 3.05) is 45.8 Å². The lowest BCUT2D eigenvalue weighted by Gasteiger charge is -2.33. The summed E-state index contributed by atoms with van der Waals surface area (Å²) < 4.78 is 5.14. The van der Waals surface area contributed by atoms with Gasteiger partial charge in [-0.3, -0.25) is 0 Å². The van der Waals surface area contributed by atoms with E-state index in [0.29, 0.717) is 11.4 Å². The number of hydrogen-bond donors (Lipinski definition) is 2. The van der Waals surface area contributed by atoms with Gasteiger partial charge in [0, 0.05) is 32.2 Å². The first-order valence-electron chi connectivity index (χ1n) is 6.21. The van der Waals surface area contributed by atoms with Gasteiger partial charge < -0.3 is 20.2 Å². The van der Waals surface area contributed by atoms with Crippen molar-refractivity contribution in [2.45, 2.75) is 0 Å². The van der Waals surface area contributed by atoms with E-state index in [9.17, 15) is 9.90 Å². The quantitative estimate of drug-likeness (QED) is 0.845. The van der Waals surface area contributed by atoms with E-state index in [1.165, 1.54) is 0 Å². The molecule has 6 nitrogen and oxygen atoms in total. The molecule has 1 heterocycles. The third-order valence-electron chi connectivity index (χ3n) is 3.24. The molecular formula is C13H19N3O3. The van der Waals surface area contributed by atoms with Gasteiger partial charge >= 0.3 is 5.97 Å². The van der Waals surface area contributed by atoms with Gasteiger partial charge in [-0.25, -0.2) is 9.80 Å². The number of carboxylic acid groups (broad SMARTS) is 1. The monoisotopic (exact) mass is 265 g/mol. The number of aromatic carboxylic acids is 1. The number of nitrogens with zero attached hydrogens (tertiary/aromatic N) is 2. The molecule has 0 saturated carbocycles. The van der Waals surface area contributed by atoms with Crippen LogP contribution in [0.25, 0.3) is 0 Å². The fourth-order valence-corrected chi connectivity index (χ4v) is 2.02. The zero-order chi connectivity index (χ0) is 13.8. The van der Waals surface area contributed by atoms with Crippen LogP contribution < -0.4 is 10.2 Å². The molecule has 2 rings (SSSR count). The molecule has 0 atom stereocenters. The average molecular weight is 265 g/mol. The fourth-order valence-electron chi connectivity index (χ4n) is 2.02. The van der Waals surface area contributed by atoms with Gasteiger partial charge in [-0.2, -0.15) is 0 Å². The molecule has 1 aromatic rings. The minimum absolute atomic E-state index is 0.250. The van der Waals surface area contributed by atoms with E-state index in [1.807, 2.05) is 5.01 Å². The van der Waals surface area contributed by atoms with E-state index in [-0.39, 0.29) is 5.56 Å². The number of benzene rings is 1. The normalized spacial score (nSPS) is 17.2. The Bertz CT molecular complexity index is 456. The summed E-state index contributed by atoms with van der Waals surface area (Å²) >= 11 is 0. The molecule has 6 heteroatoms. The minimum Gasteiger partial charge on any atom is -0.497 e. The lowest BCUT2D eigenvalue weighted by atomic mass is 10.1. The van der Waals surface area contributed by atoms with Gasteiger partial charge in [-0.15, -0.1) is 0 Å². The van der Waals surface area contributed by atoms with E-state index >= 15 is 0 Å². The highest BCUT2D eigenvalue weighted by Gasteiger charge is 2.17. The molecule has 0 spiro atoms. The number of nitrogens with one attached hydrogen (secondary N) is 1. The number of methoxy groups -OCH3 is 1.